The Hall–Kier alpha value is -3.86. The van der Waals surface area contributed by atoms with Gasteiger partial charge in [-0.25, -0.2) is 9.18 Å². The van der Waals surface area contributed by atoms with Crippen molar-refractivity contribution in [3.05, 3.63) is 58.4 Å². The minimum atomic E-state index is -0.994. The molecular weight excluding hydrogens is 531 g/mol. The molecule has 0 aliphatic carbocycles. The van der Waals surface area contributed by atoms with E-state index in [0.717, 1.165) is 0 Å². The molecule has 2 aliphatic heterocycles. The highest BCUT2D eigenvalue weighted by molar-refractivity contribution is 5.81. The normalized spacial score (nSPS) is 19.2. The first-order valence-electron chi connectivity index (χ1n) is 13.9. The monoisotopic (exact) mass is 568 g/mol. The lowest BCUT2D eigenvalue weighted by Crippen LogP contribution is -2.55. The number of rotatable bonds is 7. The molecule has 0 bridgehead atoms. The summed E-state index contributed by atoms with van der Waals surface area (Å²) in [7, 11) is 1.47. The molecule has 2 aliphatic rings. The predicted molar refractivity (Wildman–Crippen MR) is 151 cm³/mol. The predicted octanol–water partition coefficient (Wildman–Crippen LogP) is 4.37. The van der Waals surface area contributed by atoms with Gasteiger partial charge in [0.2, 0.25) is 0 Å². The van der Waals surface area contributed by atoms with Crippen molar-refractivity contribution in [2.75, 3.05) is 33.4 Å². The van der Waals surface area contributed by atoms with Crippen LogP contribution in [0.25, 0.3) is 10.9 Å². The third-order valence-corrected chi connectivity index (χ3v) is 8.07. The van der Waals surface area contributed by atoms with Crippen LogP contribution in [-0.2, 0) is 13.1 Å². The SMILES string of the molecule is COc1cc(F)c2ccc(=O)n(CCN3CCC(N(Cc4cc5c(cn4)OCCO5)C(=O)O)CC3C(C)(C)C)c2c1. The lowest BCUT2D eigenvalue weighted by atomic mass is 9.78. The first kappa shape index (κ1) is 28.7. The number of fused-ring (bicyclic) bond motifs is 2. The Balaban J connectivity index is 1.34. The average Bonchev–Trinajstić information content (AvgIpc) is 2.94. The Morgan fingerprint density at radius 3 is 2.63 bits per heavy atom. The first-order valence-corrected chi connectivity index (χ1v) is 13.9. The van der Waals surface area contributed by atoms with E-state index < -0.39 is 11.9 Å². The zero-order chi connectivity index (χ0) is 29.3. The number of halogens is 1. The largest absolute Gasteiger partial charge is 0.497 e. The highest BCUT2D eigenvalue weighted by atomic mass is 19.1. The van der Waals surface area contributed by atoms with Crippen LogP contribution in [0.1, 0.15) is 39.3 Å². The highest BCUT2D eigenvalue weighted by Crippen LogP contribution is 2.35. The third kappa shape index (κ3) is 6.09. The van der Waals surface area contributed by atoms with Crippen molar-refractivity contribution in [1.29, 1.82) is 0 Å². The molecule has 2 unspecified atom stereocenters. The van der Waals surface area contributed by atoms with Gasteiger partial charge < -0.3 is 23.9 Å². The minimum Gasteiger partial charge on any atom is -0.497 e. The van der Waals surface area contributed by atoms with Gasteiger partial charge in [-0.15, -0.1) is 0 Å². The van der Waals surface area contributed by atoms with Gasteiger partial charge in [0, 0.05) is 61.4 Å². The van der Waals surface area contributed by atoms with Gasteiger partial charge >= 0.3 is 6.09 Å². The number of aromatic nitrogens is 2. The molecule has 4 heterocycles. The van der Waals surface area contributed by atoms with Gasteiger partial charge in [0.1, 0.15) is 24.8 Å². The Bertz CT molecular complexity index is 1490. The fourth-order valence-electron chi connectivity index (χ4n) is 5.96. The van der Waals surface area contributed by atoms with Gasteiger partial charge in [-0.05, 0) is 24.3 Å². The van der Waals surface area contributed by atoms with E-state index in [-0.39, 0.29) is 29.6 Å². The van der Waals surface area contributed by atoms with Crippen LogP contribution in [0.3, 0.4) is 0 Å². The lowest BCUT2D eigenvalue weighted by Gasteiger charge is -2.48. The fraction of sp³-hybridized carbons (Fsp3) is 0.500. The fourth-order valence-corrected chi connectivity index (χ4v) is 5.96. The molecule has 11 heteroatoms. The second-order valence-corrected chi connectivity index (χ2v) is 11.7. The summed E-state index contributed by atoms with van der Waals surface area (Å²) in [4.78, 5) is 33.5. The molecule has 1 saturated heterocycles. The number of carbonyl (C=O) groups is 1. The van der Waals surface area contributed by atoms with E-state index in [1.54, 1.807) is 22.9 Å². The molecule has 1 aromatic carbocycles. The standard InChI is InChI=1S/C30H37FN4O6/c1-30(2,3)27-14-20(35(29(37)38)18-19-13-25-26(17-32-19)41-12-11-40-25)7-8-33(27)9-10-34-24-16-21(39-4)15-23(31)22(24)5-6-28(34)36/h5-6,13,15-17,20,27H,7-12,14,18H2,1-4H3,(H,37,38). The second-order valence-electron chi connectivity index (χ2n) is 11.7. The topological polar surface area (TPSA) is 106 Å². The molecule has 5 rings (SSSR count). The smallest absolute Gasteiger partial charge is 0.407 e. The van der Waals surface area contributed by atoms with Crippen molar-refractivity contribution < 1.29 is 28.5 Å². The van der Waals surface area contributed by atoms with Crippen molar-refractivity contribution in [3.8, 4) is 17.2 Å². The number of benzene rings is 1. The van der Waals surface area contributed by atoms with Crippen molar-refractivity contribution in [3.63, 3.8) is 0 Å². The summed E-state index contributed by atoms with van der Waals surface area (Å²) in [6.45, 7) is 9.06. The van der Waals surface area contributed by atoms with Crippen LogP contribution in [0, 0.1) is 11.2 Å². The van der Waals surface area contributed by atoms with Crippen molar-refractivity contribution in [2.45, 2.75) is 58.8 Å². The quantitative estimate of drug-likeness (QED) is 0.448. The molecule has 41 heavy (non-hydrogen) atoms. The number of hydrogen-bond donors (Lipinski definition) is 1. The number of ether oxygens (including phenoxy) is 3. The van der Waals surface area contributed by atoms with E-state index in [1.807, 2.05) is 0 Å². The Morgan fingerprint density at radius 1 is 1.17 bits per heavy atom. The second kappa shape index (κ2) is 11.6. The van der Waals surface area contributed by atoms with Gasteiger partial charge in [-0.3, -0.25) is 19.6 Å². The van der Waals surface area contributed by atoms with E-state index in [4.69, 9.17) is 14.2 Å². The maximum Gasteiger partial charge on any atom is 0.407 e. The van der Waals surface area contributed by atoms with E-state index in [2.05, 4.69) is 30.7 Å². The van der Waals surface area contributed by atoms with Crippen molar-refractivity contribution in [2.24, 2.45) is 5.41 Å². The molecule has 10 nitrogen and oxygen atoms in total. The molecule has 1 fully saturated rings. The van der Waals surface area contributed by atoms with Gasteiger partial charge in [-0.2, -0.15) is 0 Å². The molecule has 1 N–H and O–H groups in total. The number of piperidine rings is 1. The summed E-state index contributed by atoms with van der Waals surface area (Å²) in [6.07, 6.45) is 1.86. The molecule has 2 atom stereocenters. The number of methoxy groups -OCH3 is 1. The van der Waals surface area contributed by atoms with Crippen LogP contribution in [0.5, 0.6) is 17.2 Å². The van der Waals surface area contributed by atoms with E-state index in [1.165, 1.54) is 30.2 Å². The summed E-state index contributed by atoms with van der Waals surface area (Å²) >= 11 is 0. The lowest BCUT2D eigenvalue weighted by molar-refractivity contribution is 0.0128. The molecule has 0 saturated carbocycles. The first-order chi connectivity index (χ1) is 19.5. The van der Waals surface area contributed by atoms with Gasteiger partial charge in [0.25, 0.3) is 5.56 Å². The van der Waals surface area contributed by atoms with Gasteiger partial charge in [0.15, 0.2) is 11.5 Å². The number of nitrogens with zero attached hydrogens (tertiary/aromatic N) is 4. The molecule has 220 valence electrons. The van der Waals surface area contributed by atoms with Crippen LogP contribution in [0.15, 0.2) is 41.3 Å². The summed E-state index contributed by atoms with van der Waals surface area (Å²) in [5.74, 6) is 1.05. The molecule has 0 radical (unpaired) electrons. The molecular formula is C30H37FN4O6. The maximum absolute atomic E-state index is 14.7. The number of pyridine rings is 2. The number of hydrogen-bond acceptors (Lipinski definition) is 7. The Labute approximate surface area is 238 Å². The summed E-state index contributed by atoms with van der Waals surface area (Å²) in [5, 5.41) is 10.5. The Kier molecular flexibility index (Phi) is 8.08. The number of amides is 1. The third-order valence-electron chi connectivity index (χ3n) is 8.07. The summed E-state index contributed by atoms with van der Waals surface area (Å²) < 4.78 is 32.7. The van der Waals surface area contributed by atoms with Crippen LogP contribution in [0.2, 0.25) is 0 Å². The maximum atomic E-state index is 14.7. The van der Waals surface area contributed by atoms with E-state index in [0.29, 0.717) is 79.5 Å². The van der Waals surface area contributed by atoms with E-state index >= 15 is 0 Å². The van der Waals surface area contributed by atoms with Gasteiger partial charge in [0.05, 0.1) is 31.1 Å². The summed E-state index contributed by atoms with van der Waals surface area (Å²) in [6, 6.07) is 7.48. The van der Waals surface area contributed by atoms with E-state index in [9.17, 15) is 19.1 Å². The van der Waals surface area contributed by atoms with Crippen LogP contribution in [-0.4, -0.2) is 76.0 Å². The zero-order valence-corrected chi connectivity index (χ0v) is 23.9. The molecule has 0 spiro atoms. The minimum absolute atomic E-state index is 0.0493. The average molecular weight is 569 g/mol. The van der Waals surface area contributed by atoms with Crippen molar-refractivity contribution >= 4 is 17.0 Å². The molecule has 2 aromatic heterocycles. The molecule has 3 aromatic rings. The summed E-state index contributed by atoms with van der Waals surface area (Å²) in [5.41, 5.74) is 0.721. The Morgan fingerprint density at radius 2 is 1.93 bits per heavy atom. The van der Waals surface area contributed by atoms with Crippen LogP contribution in [0.4, 0.5) is 9.18 Å². The van der Waals surface area contributed by atoms with Crippen LogP contribution < -0.4 is 19.8 Å². The van der Waals surface area contributed by atoms with Gasteiger partial charge in [-0.1, -0.05) is 20.8 Å². The molecule has 1 amide bonds. The number of carboxylic acid groups (broad SMARTS) is 1. The zero-order valence-electron chi connectivity index (χ0n) is 23.9. The van der Waals surface area contributed by atoms with Crippen molar-refractivity contribution in [1.82, 2.24) is 19.4 Å². The number of likely N-dealkylation sites (tertiary alicyclic amines) is 1. The highest BCUT2D eigenvalue weighted by Gasteiger charge is 2.39. The van der Waals surface area contributed by atoms with Crippen LogP contribution >= 0.6 is 0 Å².